The van der Waals surface area contributed by atoms with Crippen LogP contribution in [0.2, 0.25) is 0 Å². The van der Waals surface area contributed by atoms with E-state index in [2.05, 4.69) is 42.5 Å². The minimum Gasteiger partial charge on any atom is -0.481 e. The molecule has 2 aliphatic heterocycles. The minimum atomic E-state index is -1.91. The molecule has 0 aromatic heterocycles. The number of carboxylic acid groups (broad SMARTS) is 2. The standard InChI is InChI=1S/C65H83N11O15/c1-36(2)53(62(87)67-34-51(78)75-28-18-27-49(75)60(85)69-46(30-41-21-12-8-13-22-41)58(83)68-38(5)56(81)71-48(65(90)91)31-42-23-14-9-15-24-42)72-59(84)47(33-52(79)80)70-63(88)55(39(6)77)74-61(86)50-32-43-25-16-17-26-44(43)35-76(50)64(89)54(37(3)4)73-57(82)45(66)29-40-19-10-7-11-20-40/h7-17,19-26,36-39,45-50,53-55,77H,18,27-35,66H2,1-6H3,(H,67,87)(H,68,83)(H,69,85)(H,70,88)(H,71,81)(H,72,84)(H,73,82)(H,74,86)(H,79,80)(H,90,91)/t38-,39+,45-,46-,47-,48-,49-,50?,53-,54-,55-/m0/s1. The number of aliphatic hydroxyl groups excluding tert-OH is 1. The van der Waals surface area contributed by atoms with Crippen LogP contribution in [0.4, 0.5) is 0 Å². The Hall–Kier alpha value is -9.56. The molecule has 0 aliphatic carbocycles. The van der Waals surface area contributed by atoms with Crippen molar-refractivity contribution in [3.05, 3.63) is 143 Å². The van der Waals surface area contributed by atoms with E-state index in [1.807, 2.05) is 18.2 Å². The summed E-state index contributed by atoms with van der Waals surface area (Å²) in [5, 5.41) is 50.9. The maximum absolute atomic E-state index is 14.6. The van der Waals surface area contributed by atoms with Gasteiger partial charge in [-0.15, -0.1) is 0 Å². The Labute approximate surface area is 527 Å². The number of hydrogen-bond acceptors (Lipinski definition) is 14. The van der Waals surface area contributed by atoms with Gasteiger partial charge in [0.25, 0.3) is 0 Å². The number of benzene rings is 4. The summed E-state index contributed by atoms with van der Waals surface area (Å²) in [5.74, 6) is -12.4. The molecule has 11 atom stereocenters. The topological polar surface area (TPSA) is 394 Å². The highest BCUT2D eigenvalue weighted by atomic mass is 16.4. The molecule has 10 amide bonds. The number of nitrogens with zero attached hydrogens (tertiary/aromatic N) is 2. The van der Waals surface area contributed by atoms with E-state index >= 15 is 0 Å². The SMILES string of the molecule is CC(C)[C@H](NC(=O)[C@H](CC(=O)O)NC(=O)[C@@H](NC(=O)C1Cc2ccccc2CN1C(=O)[C@@H](NC(=O)[C@@H](N)Cc1ccccc1)C(C)C)[C@@H](C)O)C(=O)NCC(=O)N1CCC[C@H]1C(=O)N[C@@H](Cc1ccccc1)C(=O)N[C@@H](C)C(=O)N[C@@H](Cc1ccccc1)C(=O)O. The number of carbonyl (C=O) groups is 12. The third-order valence-electron chi connectivity index (χ3n) is 15.9. The number of fused-ring (bicyclic) bond motifs is 1. The van der Waals surface area contributed by atoms with Gasteiger partial charge in [0.15, 0.2) is 0 Å². The molecule has 0 radical (unpaired) electrons. The lowest BCUT2D eigenvalue weighted by Crippen LogP contribution is -2.63. The number of carbonyl (C=O) groups excluding carboxylic acids is 10. The van der Waals surface area contributed by atoms with Crippen LogP contribution in [0.25, 0.3) is 0 Å². The van der Waals surface area contributed by atoms with Crippen LogP contribution in [0.1, 0.15) is 88.6 Å². The summed E-state index contributed by atoms with van der Waals surface area (Å²) >= 11 is 0. The molecule has 13 N–H and O–H groups in total. The highest BCUT2D eigenvalue weighted by Crippen LogP contribution is 2.26. The van der Waals surface area contributed by atoms with Gasteiger partial charge in [-0.3, -0.25) is 52.7 Å². The van der Waals surface area contributed by atoms with E-state index in [0.717, 1.165) is 5.56 Å². The highest BCUT2D eigenvalue weighted by Gasteiger charge is 2.43. The van der Waals surface area contributed by atoms with E-state index in [9.17, 15) is 72.9 Å². The van der Waals surface area contributed by atoms with Crippen LogP contribution in [0, 0.1) is 11.8 Å². The summed E-state index contributed by atoms with van der Waals surface area (Å²) in [5.41, 5.74) is 9.80. The largest absolute Gasteiger partial charge is 0.481 e. The molecule has 4 aromatic carbocycles. The third kappa shape index (κ3) is 20.2. The van der Waals surface area contributed by atoms with Crippen LogP contribution in [-0.4, -0.2) is 176 Å². The van der Waals surface area contributed by atoms with Crippen molar-refractivity contribution in [1.82, 2.24) is 52.3 Å². The second-order valence-electron chi connectivity index (χ2n) is 23.6. The molecule has 1 fully saturated rings. The number of aliphatic hydroxyl groups is 1. The van der Waals surface area contributed by atoms with E-state index in [1.165, 1.54) is 23.6 Å². The van der Waals surface area contributed by atoms with Crippen LogP contribution in [-0.2, 0) is 89.8 Å². The van der Waals surface area contributed by atoms with Crippen molar-refractivity contribution in [2.75, 3.05) is 13.1 Å². The molecule has 2 aliphatic rings. The molecule has 4 aromatic rings. The number of hydrogen-bond donors (Lipinski definition) is 12. The Morgan fingerprint density at radius 1 is 0.505 bits per heavy atom. The lowest BCUT2D eigenvalue weighted by Gasteiger charge is -2.39. The van der Waals surface area contributed by atoms with E-state index in [0.29, 0.717) is 28.7 Å². The number of rotatable bonds is 30. The van der Waals surface area contributed by atoms with E-state index in [1.54, 1.807) is 125 Å². The van der Waals surface area contributed by atoms with Crippen LogP contribution in [0.3, 0.4) is 0 Å². The Balaban J connectivity index is 1.08. The maximum atomic E-state index is 14.6. The van der Waals surface area contributed by atoms with Crippen molar-refractivity contribution in [2.45, 2.75) is 160 Å². The molecular weight excluding hydrogens is 1170 g/mol. The molecule has 488 valence electrons. The first-order chi connectivity index (χ1) is 43.2. The van der Waals surface area contributed by atoms with Gasteiger partial charge in [0.2, 0.25) is 59.1 Å². The Bertz CT molecular complexity index is 3240. The fourth-order valence-corrected chi connectivity index (χ4v) is 10.8. The Kier molecular flexibility index (Phi) is 25.8. The van der Waals surface area contributed by atoms with Gasteiger partial charge in [0.1, 0.15) is 54.4 Å². The Morgan fingerprint density at radius 3 is 1.56 bits per heavy atom. The van der Waals surface area contributed by atoms with Gasteiger partial charge in [-0.05, 0) is 72.8 Å². The van der Waals surface area contributed by atoms with Gasteiger partial charge >= 0.3 is 11.9 Å². The van der Waals surface area contributed by atoms with E-state index in [4.69, 9.17) is 5.73 Å². The second kappa shape index (κ2) is 33.3. The molecule has 1 saturated heterocycles. The molecule has 26 nitrogen and oxygen atoms in total. The van der Waals surface area contributed by atoms with Gasteiger partial charge in [0.05, 0.1) is 25.1 Å². The van der Waals surface area contributed by atoms with Gasteiger partial charge in [-0.1, -0.05) is 143 Å². The quantitative estimate of drug-likeness (QED) is 0.0321. The number of carboxylic acids is 2. The first-order valence-electron chi connectivity index (χ1n) is 30.3. The summed E-state index contributed by atoms with van der Waals surface area (Å²) in [6, 6.07) is 19.8. The molecular formula is C65H83N11O15. The average molecular weight is 1260 g/mol. The predicted octanol–water partition coefficient (Wildman–Crippen LogP) is -0.232. The minimum absolute atomic E-state index is 0.0247. The molecule has 26 heteroatoms. The molecule has 6 rings (SSSR count). The number of likely N-dealkylation sites (tertiary alicyclic amines) is 1. The molecule has 1 unspecified atom stereocenters. The van der Waals surface area contributed by atoms with Crippen molar-refractivity contribution < 1.29 is 72.9 Å². The fourth-order valence-electron chi connectivity index (χ4n) is 10.8. The van der Waals surface area contributed by atoms with Crippen molar-refractivity contribution >= 4 is 71.0 Å². The first-order valence-corrected chi connectivity index (χ1v) is 30.3. The fraction of sp³-hybridized carbons (Fsp3) is 0.446. The summed E-state index contributed by atoms with van der Waals surface area (Å²) in [4.78, 5) is 166. The van der Waals surface area contributed by atoms with E-state index in [-0.39, 0.29) is 45.2 Å². The highest BCUT2D eigenvalue weighted by molar-refractivity contribution is 5.99. The van der Waals surface area contributed by atoms with Crippen LogP contribution in [0.15, 0.2) is 115 Å². The summed E-state index contributed by atoms with van der Waals surface area (Å²) < 4.78 is 0. The number of amides is 10. The number of nitrogens with one attached hydrogen (secondary N) is 8. The second-order valence-corrected chi connectivity index (χ2v) is 23.6. The van der Waals surface area contributed by atoms with Crippen LogP contribution < -0.4 is 48.3 Å². The third-order valence-corrected chi connectivity index (χ3v) is 15.9. The molecule has 0 spiro atoms. The van der Waals surface area contributed by atoms with Crippen LogP contribution in [0.5, 0.6) is 0 Å². The van der Waals surface area contributed by atoms with Gasteiger partial charge in [0, 0.05) is 32.4 Å². The number of aliphatic carboxylic acids is 2. The molecule has 91 heavy (non-hydrogen) atoms. The van der Waals surface area contributed by atoms with Crippen molar-refractivity contribution in [3.8, 4) is 0 Å². The molecule has 2 heterocycles. The predicted molar refractivity (Wildman–Crippen MR) is 331 cm³/mol. The zero-order chi connectivity index (χ0) is 66.6. The normalized spacial score (nSPS) is 17.4. The van der Waals surface area contributed by atoms with Crippen LogP contribution >= 0.6 is 0 Å². The zero-order valence-corrected chi connectivity index (χ0v) is 51.8. The summed E-state index contributed by atoms with van der Waals surface area (Å²) in [6.07, 6.45) is -2.11. The van der Waals surface area contributed by atoms with Crippen molar-refractivity contribution in [2.24, 2.45) is 17.6 Å². The van der Waals surface area contributed by atoms with Crippen molar-refractivity contribution in [3.63, 3.8) is 0 Å². The van der Waals surface area contributed by atoms with Gasteiger partial charge in [-0.25, -0.2) is 4.79 Å². The zero-order valence-electron chi connectivity index (χ0n) is 51.8. The average Bonchev–Trinajstić information content (AvgIpc) is 1.18. The first kappa shape index (κ1) is 70.5. The van der Waals surface area contributed by atoms with E-state index < -0.39 is 162 Å². The molecule has 0 bridgehead atoms. The lowest BCUT2D eigenvalue weighted by molar-refractivity contribution is -0.147. The lowest BCUT2D eigenvalue weighted by atomic mass is 9.91. The van der Waals surface area contributed by atoms with Crippen molar-refractivity contribution in [1.29, 1.82) is 0 Å². The summed E-state index contributed by atoms with van der Waals surface area (Å²) in [6.45, 7) is 8.36. The smallest absolute Gasteiger partial charge is 0.326 e. The Morgan fingerprint density at radius 2 is 1.01 bits per heavy atom. The number of nitrogens with two attached hydrogens (primary N) is 1. The maximum Gasteiger partial charge on any atom is 0.326 e. The summed E-state index contributed by atoms with van der Waals surface area (Å²) in [7, 11) is 0. The van der Waals surface area contributed by atoms with Gasteiger partial charge in [-0.2, -0.15) is 0 Å². The monoisotopic (exact) mass is 1260 g/mol. The molecule has 0 saturated carbocycles. The van der Waals surface area contributed by atoms with Gasteiger partial charge < -0.3 is 73.4 Å².